The quantitative estimate of drug-likeness (QED) is 0.358. The Morgan fingerprint density at radius 2 is 1.67 bits per heavy atom. The standard InChI is InChI=1S/C20H15ClN2O3S/c21-11-16(17-12-27-20(23-17)22-13-24)19(25)26-18(14-7-3-1-4-8-14)15-9-5-2-6-10-15/h1-13,18H,(H,22,23,24)/b16-11-. The molecule has 5 nitrogen and oxygen atoms in total. The van der Waals surface area contributed by atoms with Crippen LogP contribution in [0.5, 0.6) is 0 Å². The molecular weight excluding hydrogens is 384 g/mol. The first-order valence-corrected chi connectivity index (χ1v) is 9.32. The lowest BCUT2D eigenvalue weighted by molar-refractivity contribution is -0.140. The van der Waals surface area contributed by atoms with E-state index < -0.39 is 12.1 Å². The minimum atomic E-state index is -0.606. The summed E-state index contributed by atoms with van der Waals surface area (Å²) in [7, 11) is 0. The first-order chi connectivity index (χ1) is 13.2. The number of carbonyl (C=O) groups excluding carboxylic acids is 2. The number of carbonyl (C=O) groups is 2. The molecule has 1 heterocycles. The van der Waals surface area contributed by atoms with E-state index in [2.05, 4.69) is 10.3 Å². The number of aromatic nitrogens is 1. The second-order valence-electron chi connectivity index (χ2n) is 5.43. The molecule has 0 unspecified atom stereocenters. The van der Waals surface area contributed by atoms with Crippen molar-refractivity contribution in [2.45, 2.75) is 6.10 Å². The Morgan fingerprint density at radius 3 is 2.19 bits per heavy atom. The van der Waals surface area contributed by atoms with Crippen LogP contribution in [0.3, 0.4) is 0 Å². The van der Waals surface area contributed by atoms with Crippen molar-refractivity contribution in [3.05, 3.63) is 88.4 Å². The predicted octanol–water partition coefficient (Wildman–Crippen LogP) is 4.62. The summed E-state index contributed by atoms with van der Waals surface area (Å²) in [5.41, 5.74) is 3.27. The maximum Gasteiger partial charge on any atom is 0.342 e. The van der Waals surface area contributed by atoms with Gasteiger partial charge in [0.2, 0.25) is 6.41 Å². The van der Waals surface area contributed by atoms with E-state index >= 15 is 0 Å². The molecule has 7 heteroatoms. The number of amides is 1. The minimum absolute atomic E-state index is 0.115. The largest absolute Gasteiger partial charge is 0.449 e. The van der Waals surface area contributed by atoms with Crippen LogP contribution in [0.2, 0.25) is 0 Å². The van der Waals surface area contributed by atoms with Gasteiger partial charge in [-0.15, -0.1) is 11.3 Å². The number of anilines is 1. The fourth-order valence-corrected chi connectivity index (χ4v) is 3.34. The Hall–Kier alpha value is -2.96. The van der Waals surface area contributed by atoms with Crippen LogP contribution in [0.25, 0.3) is 5.57 Å². The molecule has 27 heavy (non-hydrogen) atoms. The van der Waals surface area contributed by atoms with E-state index in [-0.39, 0.29) is 5.57 Å². The molecule has 0 bridgehead atoms. The van der Waals surface area contributed by atoms with Crippen molar-refractivity contribution in [2.75, 3.05) is 5.32 Å². The molecule has 3 aromatic rings. The van der Waals surface area contributed by atoms with Crippen LogP contribution in [0.1, 0.15) is 22.9 Å². The summed E-state index contributed by atoms with van der Waals surface area (Å²) < 4.78 is 5.78. The Morgan fingerprint density at radius 1 is 1.07 bits per heavy atom. The summed E-state index contributed by atoms with van der Waals surface area (Å²) in [6.07, 6.45) is -0.0657. The van der Waals surface area contributed by atoms with Crippen LogP contribution in [-0.2, 0) is 14.3 Å². The summed E-state index contributed by atoms with van der Waals surface area (Å²) in [5, 5.41) is 4.44. The molecule has 0 radical (unpaired) electrons. The summed E-state index contributed by atoms with van der Waals surface area (Å²) in [6, 6.07) is 18.9. The van der Waals surface area contributed by atoms with Crippen molar-refractivity contribution in [1.29, 1.82) is 0 Å². The number of hydrogen-bond donors (Lipinski definition) is 1. The molecule has 0 saturated carbocycles. The lowest BCUT2D eigenvalue weighted by Crippen LogP contribution is -2.14. The summed E-state index contributed by atoms with van der Waals surface area (Å²) >= 11 is 7.06. The number of hydrogen-bond acceptors (Lipinski definition) is 5. The van der Waals surface area contributed by atoms with Crippen molar-refractivity contribution in [2.24, 2.45) is 0 Å². The van der Waals surface area contributed by atoms with Gasteiger partial charge in [-0.25, -0.2) is 9.78 Å². The number of thiazole rings is 1. The van der Waals surface area contributed by atoms with Gasteiger partial charge in [0.25, 0.3) is 0 Å². The molecule has 1 N–H and O–H groups in total. The first-order valence-electron chi connectivity index (χ1n) is 8.00. The normalized spacial score (nSPS) is 11.3. The smallest absolute Gasteiger partial charge is 0.342 e. The molecule has 0 aliphatic heterocycles. The second kappa shape index (κ2) is 9.12. The zero-order valence-electron chi connectivity index (χ0n) is 14.0. The van der Waals surface area contributed by atoms with Gasteiger partial charge in [0.05, 0.1) is 11.3 Å². The Balaban J connectivity index is 1.88. The molecule has 0 saturated heterocycles. The molecule has 0 spiro atoms. The zero-order valence-corrected chi connectivity index (χ0v) is 15.6. The molecule has 3 rings (SSSR count). The Bertz CT molecular complexity index is 903. The number of benzene rings is 2. The maximum absolute atomic E-state index is 12.8. The minimum Gasteiger partial charge on any atom is -0.449 e. The highest BCUT2D eigenvalue weighted by Crippen LogP contribution is 2.29. The number of halogens is 1. The number of nitrogens with one attached hydrogen (secondary N) is 1. The molecule has 0 fully saturated rings. The average Bonchev–Trinajstić information content (AvgIpc) is 3.16. The highest BCUT2D eigenvalue weighted by Gasteiger charge is 2.23. The third kappa shape index (κ3) is 4.61. The Labute approximate surface area is 165 Å². The molecule has 0 aliphatic carbocycles. The molecule has 136 valence electrons. The van der Waals surface area contributed by atoms with E-state index in [0.717, 1.165) is 16.7 Å². The molecule has 0 atom stereocenters. The number of rotatable bonds is 7. The molecule has 0 aliphatic rings. The van der Waals surface area contributed by atoms with Gasteiger partial charge in [0.15, 0.2) is 11.2 Å². The van der Waals surface area contributed by atoms with Gasteiger partial charge in [0, 0.05) is 10.9 Å². The molecular formula is C20H15ClN2O3S. The van der Waals surface area contributed by atoms with Gasteiger partial charge in [-0.1, -0.05) is 72.3 Å². The van der Waals surface area contributed by atoms with E-state index in [1.807, 2.05) is 60.7 Å². The van der Waals surface area contributed by atoms with Gasteiger partial charge in [-0.05, 0) is 11.1 Å². The van der Waals surface area contributed by atoms with Crippen LogP contribution in [0.4, 0.5) is 5.13 Å². The molecule has 1 amide bonds. The van der Waals surface area contributed by atoms with Crippen LogP contribution < -0.4 is 5.32 Å². The predicted molar refractivity (Wildman–Crippen MR) is 106 cm³/mol. The van der Waals surface area contributed by atoms with Crippen molar-refractivity contribution in [3.8, 4) is 0 Å². The zero-order chi connectivity index (χ0) is 19.1. The fourth-order valence-electron chi connectivity index (χ4n) is 2.47. The van der Waals surface area contributed by atoms with E-state index in [4.69, 9.17) is 16.3 Å². The van der Waals surface area contributed by atoms with E-state index in [1.54, 1.807) is 5.38 Å². The molecule has 2 aromatic carbocycles. The monoisotopic (exact) mass is 398 g/mol. The van der Waals surface area contributed by atoms with E-state index in [9.17, 15) is 9.59 Å². The average molecular weight is 399 g/mol. The SMILES string of the molecule is O=CNc1nc(/C(=C/Cl)C(=O)OC(c2ccccc2)c2ccccc2)cs1. The van der Waals surface area contributed by atoms with Crippen molar-refractivity contribution in [3.63, 3.8) is 0 Å². The third-order valence-corrected chi connectivity index (χ3v) is 4.71. The van der Waals surface area contributed by atoms with Gasteiger partial charge in [-0.3, -0.25) is 4.79 Å². The Kier molecular flexibility index (Phi) is 6.35. The van der Waals surface area contributed by atoms with Crippen molar-refractivity contribution in [1.82, 2.24) is 4.98 Å². The van der Waals surface area contributed by atoms with Crippen LogP contribution in [0, 0.1) is 0 Å². The number of nitrogens with zero attached hydrogens (tertiary/aromatic N) is 1. The van der Waals surface area contributed by atoms with Crippen LogP contribution in [0.15, 0.2) is 71.6 Å². The molecule has 1 aromatic heterocycles. The van der Waals surface area contributed by atoms with Gasteiger partial charge < -0.3 is 10.1 Å². The summed E-state index contributed by atoms with van der Waals surface area (Å²) in [6.45, 7) is 0. The van der Waals surface area contributed by atoms with Gasteiger partial charge in [0.1, 0.15) is 0 Å². The number of esters is 1. The number of ether oxygens (including phenoxy) is 1. The van der Waals surface area contributed by atoms with E-state index in [1.165, 1.54) is 11.3 Å². The summed E-state index contributed by atoms with van der Waals surface area (Å²) in [4.78, 5) is 27.5. The van der Waals surface area contributed by atoms with E-state index in [0.29, 0.717) is 17.2 Å². The maximum atomic E-state index is 12.8. The first kappa shape index (κ1) is 18.8. The topological polar surface area (TPSA) is 68.3 Å². The summed E-state index contributed by atoms with van der Waals surface area (Å²) in [5.74, 6) is -0.606. The van der Waals surface area contributed by atoms with Crippen molar-refractivity contribution < 1.29 is 14.3 Å². The van der Waals surface area contributed by atoms with Crippen molar-refractivity contribution >= 4 is 46.0 Å². The second-order valence-corrected chi connectivity index (χ2v) is 6.51. The highest BCUT2D eigenvalue weighted by molar-refractivity contribution is 7.14. The van der Waals surface area contributed by atoms with Crippen LogP contribution >= 0.6 is 22.9 Å². The lowest BCUT2D eigenvalue weighted by atomic mass is 10.0. The highest BCUT2D eigenvalue weighted by atomic mass is 35.5. The lowest BCUT2D eigenvalue weighted by Gasteiger charge is -2.19. The van der Waals surface area contributed by atoms with Gasteiger partial charge in [-0.2, -0.15) is 0 Å². The third-order valence-electron chi connectivity index (χ3n) is 3.72. The van der Waals surface area contributed by atoms with Gasteiger partial charge >= 0.3 is 5.97 Å². The fraction of sp³-hybridized carbons (Fsp3) is 0.0500. The van der Waals surface area contributed by atoms with Crippen LogP contribution in [-0.4, -0.2) is 17.4 Å².